The first-order valence-corrected chi connectivity index (χ1v) is 8.99. The van der Waals surface area contributed by atoms with E-state index in [4.69, 9.17) is 8.92 Å². The molecule has 2 aromatic rings. The van der Waals surface area contributed by atoms with E-state index in [0.717, 1.165) is 0 Å². The smallest absolute Gasteiger partial charge is 0.339 e. The highest BCUT2D eigenvalue weighted by Crippen LogP contribution is 2.29. The number of rotatable bonds is 7. The molecule has 0 radical (unpaired) electrons. The van der Waals surface area contributed by atoms with Gasteiger partial charge in [-0.25, -0.2) is 5.01 Å². The van der Waals surface area contributed by atoms with Crippen LogP contribution in [0.15, 0.2) is 53.4 Å². The van der Waals surface area contributed by atoms with E-state index in [1.807, 2.05) is 0 Å². The molecule has 7 nitrogen and oxygen atoms in total. The molecule has 0 bridgehead atoms. The van der Waals surface area contributed by atoms with Crippen LogP contribution in [0.4, 0.5) is 0 Å². The number of ether oxygens (including phenoxy) is 1. The number of hydrazine groups is 1. The van der Waals surface area contributed by atoms with Crippen molar-refractivity contribution in [3.63, 3.8) is 0 Å². The lowest BCUT2D eigenvalue weighted by atomic mass is 10.2. The van der Waals surface area contributed by atoms with Crippen LogP contribution in [0.1, 0.15) is 17.3 Å². The van der Waals surface area contributed by atoms with Crippen LogP contribution in [0, 0.1) is 0 Å². The maximum absolute atomic E-state index is 12.5. The number of carbonyl (C=O) groups excluding carboxylic acids is 1. The summed E-state index contributed by atoms with van der Waals surface area (Å²) in [5.74, 6) is -0.000608. The van der Waals surface area contributed by atoms with E-state index in [-0.39, 0.29) is 16.2 Å². The zero-order valence-corrected chi connectivity index (χ0v) is 15.0. The van der Waals surface area contributed by atoms with Crippen molar-refractivity contribution in [1.29, 1.82) is 0 Å². The maximum atomic E-state index is 12.5. The maximum Gasteiger partial charge on any atom is 0.339 e. The summed E-state index contributed by atoms with van der Waals surface area (Å²) in [6.07, 6.45) is 0. The van der Waals surface area contributed by atoms with Crippen LogP contribution >= 0.6 is 0 Å². The summed E-state index contributed by atoms with van der Waals surface area (Å²) >= 11 is 0. The Labute approximate surface area is 147 Å². The Balaban J connectivity index is 2.30. The first-order chi connectivity index (χ1) is 11.8. The molecule has 0 atom stereocenters. The van der Waals surface area contributed by atoms with E-state index in [0.29, 0.717) is 12.4 Å². The van der Waals surface area contributed by atoms with E-state index in [1.165, 1.54) is 35.3 Å². The number of amides is 1. The van der Waals surface area contributed by atoms with E-state index < -0.39 is 16.0 Å². The number of nitrogens with zero attached hydrogens (tertiary/aromatic N) is 1. The molecule has 0 spiro atoms. The van der Waals surface area contributed by atoms with Crippen molar-refractivity contribution < 1.29 is 22.1 Å². The van der Waals surface area contributed by atoms with Crippen molar-refractivity contribution in [2.75, 3.05) is 20.7 Å². The molecule has 0 aliphatic carbocycles. The van der Waals surface area contributed by atoms with Gasteiger partial charge in [0.05, 0.1) is 6.61 Å². The number of carbonyl (C=O) groups is 1. The molecule has 1 N–H and O–H groups in total. The van der Waals surface area contributed by atoms with Crippen LogP contribution in [0.3, 0.4) is 0 Å². The van der Waals surface area contributed by atoms with Gasteiger partial charge in [0.1, 0.15) is 4.90 Å². The molecule has 0 unspecified atom stereocenters. The highest BCUT2D eigenvalue weighted by Gasteiger charge is 2.20. The average molecular weight is 364 g/mol. The monoisotopic (exact) mass is 364 g/mol. The molecule has 134 valence electrons. The molecule has 2 rings (SSSR count). The molecule has 25 heavy (non-hydrogen) atoms. The lowest BCUT2D eigenvalue weighted by Crippen LogP contribution is -2.36. The fraction of sp³-hybridized carbons (Fsp3) is 0.235. The molecule has 0 heterocycles. The second-order valence-corrected chi connectivity index (χ2v) is 6.83. The summed E-state index contributed by atoms with van der Waals surface area (Å²) < 4.78 is 35.6. The molecular weight excluding hydrogens is 344 g/mol. The van der Waals surface area contributed by atoms with Crippen molar-refractivity contribution in [1.82, 2.24) is 10.4 Å². The van der Waals surface area contributed by atoms with Crippen molar-refractivity contribution in [3.8, 4) is 11.5 Å². The molecule has 0 aliphatic rings. The van der Waals surface area contributed by atoms with E-state index in [2.05, 4.69) is 5.43 Å². The van der Waals surface area contributed by atoms with Gasteiger partial charge in [0.15, 0.2) is 11.5 Å². The van der Waals surface area contributed by atoms with Crippen molar-refractivity contribution in [2.24, 2.45) is 0 Å². The summed E-state index contributed by atoms with van der Waals surface area (Å²) in [4.78, 5) is 11.9. The van der Waals surface area contributed by atoms with Crippen LogP contribution in [0.25, 0.3) is 0 Å². The summed E-state index contributed by atoms with van der Waals surface area (Å²) in [6, 6.07) is 12.1. The highest BCUT2D eigenvalue weighted by atomic mass is 32.2. The molecule has 2 aromatic carbocycles. The Hall–Kier alpha value is -2.58. The fourth-order valence-electron chi connectivity index (χ4n) is 2.02. The van der Waals surface area contributed by atoms with Crippen LogP contribution in [0.5, 0.6) is 11.5 Å². The van der Waals surface area contributed by atoms with Crippen LogP contribution in [-0.4, -0.2) is 40.0 Å². The minimum atomic E-state index is -4.11. The fourth-order valence-corrected chi connectivity index (χ4v) is 3.01. The third-order valence-corrected chi connectivity index (χ3v) is 4.29. The number of hydrogen-bond donors (Lipinski definition) is 1. The van der Waals surface area contributed by atoms with E-state index >= 15 is 0 Å². The van der Waals surface area contributed by atoms with Crippen LogP contribution in [0.2, 0.25) is 0 Å². The Morgan fingerprint density at radius 1 is 1.08 bits per heavy atom. The Morgan fingerprint density at radius 2 is 1.76 bits per heavy atom. The van der Waals surface area contributed by atoms with Crippen molar-refractivity contribution >= 4 is 16.0 Å². The highest BCUT2D eigenvalue weighted by molar-refractivity contribution is 7.87. The summed E-state index contributed by atoms with van der Waals surface area (Å²) in [5, 5.41) is 1.47. The zero-order chi connectivity index (χ0) is 18.4. The molecule has 0 saturated carbocycles. The van der Waals surface area contributed by atoms with Gasteiger partial charge in [-0.2, -0.15) is 8.42 Å². The molecule has 8 heteroatoms. The standard InChI is InChI=1S/C17H20N2O5S/c1-4-23-15-10-5-6-11-16(15)24-25(21,22)14-9-7-8-13(12-14)17(20)18-19(2)3/h5-12H,4H2,1-3H3,(H,18,20). The first-order valence-electron chi connectivity index (χ1n) is 7.58. The van der Waals surface area contributed by atoms with E-state index in [9.17, 15) is 13.2 Å². The second-order valence-electron chi connectivity index (χ2n) is 5.28. The topological polar surface area (TPSA) is 84.9 Å². The van der Waals surface area contributed by atoms with Gasteiger partial charge in [0.25, 0.3) is 5.91 Å². The molecule has 0 aliphatic heterocycles. The number of hydrogen-bond acceptors (Lipinski definition) is 6. The van der Waals surface area contributed by atoms with Crippen LogP contribution in [-0.2, 0) is 10.1 Å². The molecule has 1 amide bonds. The first kappa shape index (κ1) is 18.8. The lowest BCUT2D eigenvalue weighted by molar-refractivity contribution is 0.0856. The zero-order valence-electron chi connectivity index (χ0n) is 14.2. The number of nitrogens with one attached hydrogen (secondary N) is 1. The van der Waals surface area contributed by atoms with Gasteiger partial charge in [-0.3, -0.25) is 10.2 Å². The number of benzene rings is 2. The third-order valence-electron chi connectivity index (χ3n) is 3.06. The average Bonchev–Trinajstić information content (AvgIpc) is 2.56. The minimum absolute atomic E-state index is 0.0903. The Bertz CT molecular complexity index is 850. The predicted molar refractivity (Wildman–Crippen MR) is 93.0 cm³/mol. The largest absolute Gasteiger partial charge is 0.490 e. The van der Waals surface area contributed by atoms with Crippen molar-refractivity contribution in [3.05, 3.63) is 54.1 Å². The SMILES string of the molecule is CCOc1ccccc1OS(=O)(=O)c1cccc(C(=O)NN(C)C)c1. The summed E-state index contributed by atoms with van der Waals surface area (Å²) in [5.41, 5.74) is 2.76. The minimum Gasteiger partial charge on any atom is -0.490 e. The van der Waals surface area contributed by atoms with Gasteiger partial charge in [-0.05, 0) is 37.3 Å². The quantitative estimate of drug-likeness (QED) is 0.598. The summed E-state index contributed by atoms with van der Waals surface area (Å²) in [6.45, 7) is 2.17. The van der Waals surface area contributed by atoms with Gasteiger partial charge in [-0.15, -0.1) is 0 Å². The van der Waals surface area contributed by atoms with Gasteiger partial charge in [-0.1, -0.05) is 18.2 Å². The second kappa shape index (κ2) is 8.00. The molecule has 0 fully saturated rings. The normalized spacial score (nSPS) is 11.2. The van der Waals surface area contributed by atoms with Crippen LogP contribution < -0.4 is 14.3 Å². The van der Waals surface area contributed by atoms with Gasteiger partial charge in [0.2, 0.25) is 0 Å². The molecular formula is C17H20N2O5S. The third kappa shape index (κ3) is 4.94. The predicted octanol–water partition coefficient (Wildman–Crippen LogP) is 2.06. The van der Waals surface area contributed by atoms with Crippen molar-refractivity contribution in [2.45, 2.75) is 11.8 Å². The Kier molecular flexibility index (Phi) is 6.00. The summed E-state index contributed by atoms with van der Waals surface area (Å²) in [7, 11) is -0.794. The van der Waals surface area contributed by atoms with Gasteiger partial charge < -0.3 is 8.92 Å². The Morgan fingerprint density at radius 3 is 2.40 bits per heavy atom. The van der Waals surface area contributed by atoms with Gasteiger partial charge in [0, 0.05) is 19.7 Å². The molecule has 0 aromatic heterocycles. The van der Waals surface area contributed by atoms with E-state index in [1.54, 1.807) is 39.2 Å². The number of para-hydroxylation sites is 2. The lowest BCUT2D eigenvalue weighted by Gasteiger charge is -2.13. The van der Waals surface area contributed by atoms with Gasteiger partial charge >= 0.3 is 10.1 Å². The molecule has 0 saturated heterocycles.